The highest BCUT2D eigenvalue weighted by molar-refractivity contribution is 7.86. The van der Waals surface area contributed by atoms with Crippen molar-refractivity contribution < 1.29 is 26.1 Å². The summed E-state index contributed by atoms with van der Waals surface area (Å²) in [5, 5.41) is 0. The lowest BCUT2D eigenvalue weighted by Crippen LogP contribution is -2.52. The number of hydrogen-bond acceptors (Lipinski definition) is 2. The molecule has 29 heavy (non-hydrogen) atoms. The van der Waals surface area contributed by atoms with Crippen molar-refractivity contribution in [3.63, 3.8) is 0 Å². The van der Waals surface area contributed by atoms with Crippen molar-refractivity contribution in [2.24, 2.45) is 40.4 Å². The van der Waals surface area contributed by atoms with Gasteiger partial charge in [-0.3, -0.25) is 4.55 Å². The Balaban J connectivity index is 0.000000258. The number of hydrogen-bond donors (Lipinski definition) is 1. The van der Waals surface area contributed by atoms with Gasteiger partial charge in [0.25, 0.3) is 0 Å². The number of fused-ring (bicyclic) bond motifs is 5. The van der Waals surface area contributed by atoms with Gasteiger partial charge in [0.2, 0.25) is 0 Å². The monoisotopic (exact) mass is 436 g/mol. The summed E-state index contributed by atoms with van der Waals surface area (Å²) in [6, 6.07) is 0. The Hall–Kier alpha value is -0.560. The van der Waals surface area contributed by atoms with E-state index in [9.17, 15) is 13.2 Å². The topological polar surface area (TPSA) is 54.4 Å². The molecule has 0 amide bonds. The van der Waals surface area contributed by atoms with Gasteiger partial charge in [0.1, 0.15) is 0 Å². The first-order valence-corrected chi connectivity index (χ1v) is 12.5. The molecule has 0 aromatic rings. The fourth-order valence-electron chi connectivity index (χ4n) is 7.61. The number of rotatable bonds is 1. The summed E-state index contributed by atoms with van der Waals surface area (Å²) < 4.78 is 57.5. The second-order valence-corrected chi connectivity index (χ2v) is 11.6. The summed E-state index contributed by atoms with van der Waals surface area (Å²) in [6.45, 7) is 7.77. The molecule has 0 aliphatic heterocycles. The van der Waals surface area contributed by atoms with Crippen molar-refractivity contribution in [2.45, 2.75) is 84.1 Å². The molecule has 1 N–H and O–H groups in total. The molecule has 3 fully saturated rings. The van der Waals surface area contributed by atoms with Crippen LogP contribution in [0, 0.1) is 40.4 Å². The molecule has 4 aliphatic carbocycles. The average Bonchev–Trinajstić information content (AvgIpc) is 2.96. The van der Waals surface area contributed by atoms with Crippen molar-refractivity contribution >= 4 is 10.1 Å². The molecule has 0 saturated heterocycles. The Morgan fingerprint density at radius 2 is 1.62 bits per heavy atom. The lowest BCUT2D eigenvalue weighted by Gasteiger charge is -2.59. The second kappa shape index (κ2) is 7.85. The summed E-state index contributed by atoms with van der Waals surface area (Å²) in [5.74, 6) is 5.09. The van der Waals surface area contributed by atoms with Gasteiger partial charge < -0.3 is 0 Å². The minimum Gasteiger partial charge on any atom is -0.279 e. The van der Waals surface area contributed by atoms with E-state index in [1.54, 1.807) is 6.42 Å². The standard InChI is InChI=1S/C21H34.CHF3O3S/c1-4-15-9-11-18-17-10-8-16-7-5-6-13-20(16,2)19(17)12-14-21(15,18)3;2-1(3,4)8(5,6)7/h5,7,15-19H,4,6,8-14H2,1-3H3;(H,5,6,7)/t15-,16+,17-,18-,19-,20-,21+;/m0./s1. The van der Waals surface area contributed by atoms with Crippen LogP contribution < -0.4 is 0 Å². The van der Waals surface area contributed by atoms with Gasteiger partial charge in [0, 0.05) is 0 Å². The van der Waals surface area contributed by atoms with Crippen LogP contribution in [0.3, 0.4) is 0 Å². The van der Waals surface area contributed by atoms with Crippen molar-refractivity contribution in [1.82, 2.24) is 0 Å². The highest BCUT2D eigenvalue weighted by Gasteiger charge is 2.58. The van der Waals surface area contributed by atoms with E-state index >= 15 is 0 Å². The molecule has 7 heteroatoms. The van der Waals surface area contributed by atoms with E-state index in [1.807, 2.05) is 0 Å². The van der Waals surface area contributed by atoms with Crippen LogP contribution in [-0.4, -0.2) is 18.5 Å². The smallest absolute Gasteiger partial charge is 0.279 e. The molecular formula is C22H35F3O3S. The highest BCUT2D eigenvalue weighted by Crippen LogP contribution is 2.67. The van der Waals surface area contributed by atoms with Gasteiger partial charge in [0.15, 0.2) is 0 Å². The van der Waals surface area contributed by atoms with Crippen LogP contribution in [0.1, 0.15) is 78.6 Å². The van der Waals surface area contributed by atoms with Crippen molar-refractivity contribution in [3.8, 4) is 0 Å². The largest absolute Gasteiger partial charge is 0.522 e. The zero-order valence-electron chi connectivity index (χ0n) is 17.7. The van der Waals surface area contributed by atoms with Gasteiger partial charge in [-0.05, 0) is 91.8 Å². The minimum atomic E-state index is -5.84. The van der Waals surface area contributed by atoms with E-state index in [1.165, 1.54) is 51.4 Å². The molecule has 0 heterocycles. The molecule has 3 nitrogen and oxygen atoms in total. The minimum absolute atomic E-state index is 0.642. The van der Waals surface area contributed by atoms with Crippen LogP contribution in [-0.2, 0) is 10.1 Å². The second-order valence-electron chi connectivity index (χ2n) is 10.2. The van der Waals surface area contributed by atoms with Gasteiger partial charge in [-0.25, -0.2) is 0 Å². The van der Waals surface area contributed by atoms with Gasteiger partial charge in [0.05, 0.1) is 0 Å². The van der Waals surface area contributed by atoms with Crippen LogP contribution in [0.2, 0.25) is 0 Å². The van der Waals surface area contributed by atoms with Crippen LogP contribution >= 0.6 is 0 Å². The van der Waals surface area contributed by atoms with E-state index < -0.39 is 15.6 Å². The third kappa shape index (κ3) is 4.02. The number of allylic oxidation sites excluding steroid dienone is 2. The number of halogens is 3. The van der Waals surface area contributed by atoms with Crippen molar-refractivity contribution in [2.75, 3.05) is 0 Å². The molecule has 4 aliphatic rings. The molecule has 0 spiro atoms. The fraction of sp³-hybridized carbons (Fsp3) is 0.909. The van der Waals surface area contributed by atoms with Crippen molar-refractivity contribution in [1.29, 1.82) is 0 Å². The Labute approximate surface area is 173 Å². The third-order valence-electron chi connectivity index (χ3n) is 9.14. The molecular weight excluding hydrogens is 401 g/mol. The van der Waals surface area contributed by atoms with Crippen LogP contribution in [0.5, 0.6) is 0 Å². The Morgan fingerprint density at radius 3 is 2.21 bits per heavy atom. The van der Waals surface area contributed by atoms with Crippen LogP contribution in [0.15, 0.2) is 12.2 Å². The summed E-state index contributed by atoms with van der Waals surface area (Å²) in [6.07, 6.45) is 18.5. The van der Waals surface area contributed by atoms with Gasteiger partial charge >= 0.3 is 15.6 Å². The summed E-state index contributed by atoms with van der Waals surface area (Å²) in [5.41, 5.74) is -4.19. The first-order chi connectivity index (χ1) is 13.3. The highest BCUT2D eigenvalue weighted by atomic mass is 32.2. The van der Waals surface area contributed by atoms with Gasteiger partial charge in [-0.1, -0.05) is 39.3 Å². The third-order valence-corrected chi connectivity index (χ3v) is 9.73. The van der Waals surface area contributed by atoms with E-state index in [0.717, 1.165) is 29.6 Å². The van der Waals surface area contributed by atoms with Crippen LogP contribution in [0.25, 0.3) is 0 Å². The lowest BCUT2D eigenvalue weighted by molar-refractivity contribution is -0.0908. The predicted octanol–water partition coefficient (Wildman–Crippen LogP) is 6.62. The Morgan fingerprint density at radius 1 is 1.00 bits per heavy atom. The van der Waals surface area contributed by atoms with E-state index in [-0.39, 0.29) is 0 Å². The SMILES string of the molecule is CC[C@H]1CC[C@H]2[C@@H]3CC[C@H]4C=CCC[C@]4(C)[C@H]3CC[C@]12C.O=S(=O)(O)C(F)(F)F. The zero-order valence-corrected chi connectivity index (χ0v) is 18.5. The molecule has 4 rings (SSSR count). The molecule has 168 valence electrons. The summed E-state index contributed by atoms with van der Waals surface area (Å²) >= 11 is 0. The predicted molar refractivity (Wildman–Crippen MR) is 108 cm³/mol. The maximum atomic E-state index is 10.7. The molecule has 3 saturated carbocycles. The van der Waals surface area contributed by atoms with E-state index in [4.69, 9.17) is 13.0 Å². The quantitative estimate of drug-likeness (QED) is 0.286. The molecule has 7 atom stereocenters. The van der Waals surface area contributed by atoms with Gasteiger partial charge in [-0.2, -0.15) is 21.6 Å². The van der Waals surface area contributed by atoms with E-state index in [0.29, 0.717) is 10.8 Å². The molecule has 0 radical (unpaired) electrons. The molecule has 0 aromatic carbocycles. The zero-order chi connectivity index (χ0) is 21.7. The van der Waals surface area contributed by atoms with Gasteiger partial charge in [-0.15, -0.1) is 0 Å². The summed E-state index contributed by atoms with van der Waals surface area (Å²) in [4.78, 5) is 0. The van der Waals surface area contributed by atoms with E-state index in [2.05, 4.69) is 32.9 Å². The van der Waals surface area contributed by atoms with Crippen molar-refractivity contribution in [3.05, 3.63) is 12.2 Å². The Bertz CT molecular complexity index is 732. The number of alkyl halides is 3. The first-order valence-electron chi connectivity index (χ1n) is 11.0. The normalized spacial score (nSPS) is 44.2. The first kappa shape index (κ1) is 23.1. The molecule has 0 bridgehead atoms. The average molecular weight is 437 g/mol. The maximum absolute atomic E-state index is 10.7. The molecule has 0 aromatic heterocycles. The Kier molecular flexibility index (Phi) is 6.25. The maximum Gasteiger partial charge on any atom is 0.522 e. The summed E-state index contributed by atoms with van der Waals surface area (Å²) in [7, 11) is -5.84. The lowest BCUT2D eigenvalue weighted by atomic mass is 9.45. The molecule has 0 unspecified atom stereocenters. The van der Waals surface area contributed by atoms with Crippen LogP contribution in [0.4, 0.5) is 13.2 Å². The fourth-order valence-corrected chi connectivity index (χ4v) is 7.61.